The molecule has 0 fully saturated rings. The van der Waals surface area contributed by atoms with Gasteiger partial charge in [0, 0.05) is 22.5 Å². The van der Waals surface area contributed by atoms with Crippen molar-refractivity contribution in [3.8, 4) is 0 Å². The number of carbonyl (C=O) groups is 1. The molecule has 0 spiro atoms. The standard InChI is InChI=1S/C16H14ClN3O/c1-10-5-6-11(7-14(10)17)16(21)18-8-12-3-2-4-15-13(12)9-19-20-15/h2-7,9H,8H2,1H3,(H,18,21)(H,19,20). The number of hydrogen-bond donors (Lipinski definition) is 2. The van der Waals surface area contributed by atoms with Crippen molar-refractivity contribution in [1.29, 1.82) is 0 Å². The summed E-state index contributed by atoms with van der Waals surface area (Å²) in [4.78, 5) is 12.2. The van der Waals surface area contributed by atoms with E-state index in [0.29, 0.717) is 17.1 Å². The van der Waals surface area contributed by atoms with Gasteiger partial charge in [0.25, 0.3) is 5.91 Å². The van der Waals surface area contributed by atoms with Crippen LogP contribution in [-0.4, -0.2) is 16.1 Å². The van der Waals surface area contributed by atoms with Crippen molar-refractivity contribution in [1.82, 2.24) is 15.5 Å². The number of amides is 1. The van der Waals surface area contributed by atoms with Crippen molar-refractivity contribution in [2.75, 3.05) is 0 Å². The third-order valence-electron chi connectivity index (χ3n) is 3.45. The van der Waals surface area contributed by atoms with Crippen LogP contribution < -0.4 is 5.32 Å². The number of benzene rings is 2. The van der Waals surface area contributed by atoms with E-state index in [-0.39, 0.29) is 5.91 Å². The van der Waals surface area contributed by atoms with Crippen molar-refractivity contribution in [2.45, 2.75) is 13.5 Å². The molecule has 5 heteroatoms. The van der Waals surface area contributed by atoms with Crippen LogP contribution in [0, 0.1) is 6.92 Å². The van der Waals surface area contributed by atoms with Crippen LogP contribution in [-0.2, 0) is 6.54 Å². The molecule has 106 valence electrons. The van der Waals surface area contributed by atoms with Gasteiger partial charge in [-0.1, -0.05) is 29.8 Å². The van der Waals surface area contributed by atoms with Gasteiger partial charge in [0.2, 0.25) is 0 Å². The number of aromatic amines is 1. The summed E-state index contributed by atoms with van der Waals surface area (Å²) in [7, 11) is 0. The van der Waals surface area contributed by atoms with Crippen LogP contribution in [0.1, 0.15) is 21.5 Å². The Labute approximate surface area is 127 Å². The minimum Gasteiger partial charge on any atom is -0.348 e. The minimum atomic E-state index is -0.141. The van der Waals surface area contributed by atoms with Crippen molar-refractivity contribution < 1.29 is 4.79 Å². The molecule has 0 aliphatic carbocycles. The maximum atomic E-state index is 12.2. The number of carbonyl (C=O) groups excluding carboxylic acids is 1. The van der Waals surface area contributed by atoms with Gasteiger partial charge >= 0.3 is 0 Å². The number of rotatable bonds is 3. The van der Waals surface area contributed by atoms with Gasteiger partial charge in [-0.2, -0.15) is 5.10 Å². The van der Waals surface area contributed by atoms with Gasteiger partial charge in [-0.25, -0.2) is 0 Å². The number of halogens is 1. The molecule has 0 atom stereocenters. The number of fused-ring (bicyclic) bond motifs is 1. The smallest absolute Gasteiger partial charge is 0.251 e. The molecule has 3 aromatic rings. The Morgan fingerprint density at radius 1 is 1.33 bits per heavy atom. The minimum absolute atomic E-state index is 0.141. The molecule has 0 bridgehead atoms. The van der Waals surface area contributed by atoms with Crippen LogP contribution >= 0.6 is 11.6 Å². The van der Waals surface area contributed by atoms with Gasteiger partial charge < -0.3 is 5.32 Å². The second-order valence-electron chi connectivity index (χ2n) is 4.90. The molecule has 0 aliphatic rings. The predicted octanol–water partition coefficient (Wildman–Crippen LogP) is 3.45. The highest BCUT2D eigenvalue weighted by molar-refractivity contribution is 6.31. The lowest BCUT2D eigenvalue weighted by atomic mass is 10.1. The Bertz CT molecular complexity index is 810. The second kappa shape index (κ2) is 5.58. The van der Waals surface area contributed by atoms with Gasteiger partial charge in [-0.15, -0.1) is 0 Å². The molecule has 4 nitrogen and oxygen atoms in total. The SMILES string of the molecule is Cc1ccc(C(=O)NCc2cccc3[nH]ncc23)cc1Cl. The summed E-state index contributed by atoms with van der Waals surface area (Å²) >= 11 is 6.05. The van der Waals surface area contributed by atoms with Crippen molar-refractivity contribution in [3.63, 3.8) is 0 Å². The van der Waals surface area contributed by atoms with Crippen LogP contribution in [0.2, 0.25) is 5.02 Å². The van der Waals surface area contributed by atoms with E-state index in [9.17, 15) is 4.79 Å². The Morgan fingerprint density at radius 2 is 2.19 bits per heavy atom. The van der Waals surface area contributed by atoms with Crippen molar-refractivity contribution in [2.24, 2.45) is 0 Å². The first kappa shape index (κ1) is 13.6. The van der Waals surface area contributed by atoms with Gasteiger partial charge in [-0.05, 0) is 36.2 Å². The first-order valence-electron chi connectivity index (χ1n) is 6.60. The fourth-order valence-corrected chi connectivity index (χ4v) is 2.38. The van der Waals surface area contributed by atoms with Crippen molar-refractivity contribution in [3.05, 3.63) is 64.3 Å². The summed E-state index contributed by atoms with van der Waals surface area (Å²) in [5.41, 5.74) is 3.49. The molecule has 1 amide bonds. The highest BCUT2D eigenvalue weighted by atomic mass is 35.5. The van der Waals surface area contributed by atoms with Gasteiger partial charge in [0.15, 0.2) is 0 Å². The number of aromatic nitrogens is 2. The number of H-pyrrole nitrogens is 1. The average molecular weight is 300 g/mol. The summed E-state index contributed by atoms with van der Waals surface area (Å²) in [6.07, 6.45) is 1.76. The predicted molar refractivity (Wildman–Crippen MR) is 83.5 cm³/mol. The van der Waals surface area contributed by atoms with E-state index in [4.69, 9.17) is 11.6 Å². The first-order chi connectivity index (χ1) is 10.1. The lowest BCUT2D eigenvalue weighted by Gasteiger charge is -2.07. The third kappa shape index (κ3) is 2.76. The van der Waals surface area contributed by atoms with E-state index in [1.165, 1.54) is 0 Å². The van der Waals surface area contributed by atoms with Gasteiger partial charge in [-0.3, -0.25) is 9.89 Å². The van der Waals surface area contributed by atoms with E-state index in [0.717, 1.165) is 22.0 Å². The summed E-state index contributed by atoms with van der Waals surface area (Å²) in [5.74, 6) is -0.141. The maximum Gasteiger partial charge on any atom is 0.251 e. The monoisotopic (exact) mass is 299 g/mol. The largest absolute Gasteiger partial charge is 0.348 e. The van der Waals surface area contributed by atoms with E-state index >= 15 is 0 Å². The topological polar surface area (TPSA) is 57.8 Å². The molecule has 3 rings (SSSR count). The van der Waals surface area contributed by atoms with Crippen molar-refractivity contribution >= 4 is 28.4 Å². The molecule has 0 saturated heterocycles. The second-order valence-corrected chi connectivity index (χ2v) is 5.30. The summed E-state index contributed by atoms with van der Waals surface area (Å²) in [6, 6.07) is 11.2. The average Bonchev–Trinajstić information content (AvgIpc) is 2.96. The number of aryl methyl sites for hydroxylation is 1. The third-order valence-corrected chi connectivity index (χ3v) is 3.86. The molecular weight excluding hydrogens is 286 g/mol. The Kier molecular flexibility index (Phi) is 3.62. The Balaban J connectivity index is 1.76. The number of hydrogen-bond acceptors (Lipinski definition) is 2. The number of nitrogens with zero attached hydrogens (tertiary/aromatic N) is 1. The normalized spacial score (nSPS) is 10.8. The van der Waals surface area contributed by atoms with Gasteiger partial charge in [0.1, 0.15) is 0 Å². The zero-order valence-electron chi connectivity index (χ0n) is 11.5. The molecule has 1 aromatic heterocycles. The van der Waals surface area contributed by atoms with E-state index in [2.05, 4.69) is 15.5 Å². The molecule has 1 heterocycles. The van der Waals surface area contributed by atoms with Crippen LogP contribution in [0.5, 0.6) is 0 Å². The van der Waals surface area contributed by atoms with E-state index in [1.807, 2.05) is 31.2 Å². The van der Waals surface area contributed by atoms with Crippen LogP contribution in [0.3, 0.4) is 0 Å². The Morgan fingerprint density at radius 3 is 3.00 bits per heavy atom. The zero-order valence-corrected chi connectivity index (χ0v) is 12.2. The van der Waals surface area contributed by atoms with E-state index < -0.39 is 0 Å². The molecule has 0 saturated carbocycles. The molecule has 2 aromatic carbocycles. The quantitative estimate of drug-likeness (QED) is 0.778. The number of nitrogens with one attached hydrogen (secondary N) is 2. The van der Waals surface area contributed by atoms with Crippen LogP contribution in [0.15, 0.2) is 42.6 Å². The molecule has 0 unspecified atom stereocenters. The van der Waals surface area contributed by atoms with E-state index in [1.54, 1.807) is 18.3 Å². The lowest BCUT2D eigenvalue weighted by molar-refractivity contribution is 0.0951. The molecule has 0 aliphatic heterocycles. The molecular formula is C16H14ClN3O. The molecule has 2 N–H and O–H groups in total. The highest BCUT2D eigenvalue weighted by Crippen LogP contribution is 2.18. The summed E-state index contributed by atoms with van der Waals surface area (Å²) in [5, 5.41) is 11.4. The fraction of sp³-hybridized carbons (Fsp3) is 0.125. The zero-order chi connectivity index (χ0) is 14.8. The van der Waals surface area contributed by atoms with Gasteiger partial charge in [0.05, 0.1) is 11.7 Å². The summed E-state index contributed by atoms with van der Waals surface area (Å²) in [6.45, 7) is 2.35. The first-order valence-corrected chi connectivity index (χ1v) is 6.98. The molecule has 21 heavy (non-hydrogen) atoms. The molecule has 0 radical (unpaired) electrons. The maximum absolute atomic E-state index is 12.2. The Hall–Kier alpha value is -2.33. The van der Waals surface area contributed by atoms with Crippen LogP contribution in [0.25, 0.3) is 10.9 Å². The highest BCUT2D eigenvalue weighted by Gasteiger charge is 2.08. The summed E-state index contributed by atoms with van der Waals surface area (Å²) < 4.78 is 0. The van der Waals surface area contributed by atoms with Crippen LogP contribution in [0.4, 0.5) is 0 Å². The lowest BCUT2D eigenvalue weighted by Crippen LogP contribution is -2.22. The fourth-order valence-electron chi connectivity index (χ4n) is 2.20.